The van der Waals surface area contributed by atoms with Crippen LogP contribution in [0.5, 0.6) is 5.75 Å². The lowest BCUT2D eigenvalue weighted by molar-refractivity contribution is 0.0706. The minimum atomic E-state index is -3.75. The van der Waals surface area contributed by atoms with E-state index >= 15 is 0 Å². The van der Waals surface area contributed by atoms with E-state index in [-0.39, 0.29) is 22.5 Å². The first-order chi connectivity index (χ1) is 13.9. The van der Waals surface area contributed by atoms with Crippen molar-refractivity contribution >= 4 is 27.3 Å². The number of methoxy groups -OCH3 is 1. The summed E-state index contributed by atoms with van der Waals surface area (Å²) in [7, 11) is -2.32. The number of benzene rings is 1. The zero-order valence-corrected chi connectivity index (χ0v) is 18.6. The average molecular weight is 438 g/mol. The third-order valence-electron chi connectivity index (χ3n) is 5.24. The minimum absolute atomic E-state index is 0.0306. The summed E-state index contributed by atoms with van der Waals surface area (Å²) in [6.45, 7) is 5.52. The van der Waals surface area contributed by atoms with Gasteiger partial charge in [-0.25, -0.2) is 13.4 Å². The van der Waals surface area contributed by atoms with Gasteiger partial charge in [0.05, 0.1) is 12.1 Å². The summed E-state index contributed by atoms with van der Waals surface area (Å²) in [6.07, 6.45) is 3.69. The molecule has 1 aromatic carbocycles. The molecule has 1 aliphatic heterocycles. The molecule has 0 radical (unpaired) electrons. The topological polar surface area (TPSA) is 79.8 Å². The number of ether oxygens (including phenoxy) is 1. The van der Waals surface area contributed by atoms with Gasteiger partial charge < -0.3 is 9.64 Å². The van der Waals surface area contributed by atoms with Crippen LogP contribution in [0.15, 0.2) is 34.7 Å². The van der Waals surface area contributed by atoms with Crippen molar-refractivity contribution in [3.8, 4) is 5.75 Å². The number of aromatic nitrogens is 1. The van der Waals surface area contributed by atoms with Crippen molar-refractivity contribution in [1.82, 2.24) is 14.2 Å². The van der Waals surface area contributed by atoms with Crippen molar-refractivity contribution in [2.75, 3.05) is 33.3 Å². The lowest BCUT2D eigenvalue weighted by atomic mass is 9.98. The number of carbonyl (C=O) groups is 1. The van der Waals surface area contributed by atoms with E-state index in [9.17, 15) is 13.2 Å². The Labute approximate surface area is 176 Å². The molecule has 0 aliphatic carbocycles. The number of hydrogen-bond acceptors (Lipinski definition) is 6. The Bertz CT molecular complexity index is 941. The number of sulfonamides is 1. The highest BCUT2D eigenvalue weighted by molar-refractivity contribution is 7.89. The Kier molecular flexibility index (Phi) is 6.92. The van der Waals surface area contributed by atoms with Gasteiger partial charge in [-0.15, -0.1) is 11.3 Å². The maximum Gasteiger partial charge on any atom is 0.253 e. The summed E-state index contributed by atoms with van der Waals surface area (Å²) in [5.74, 6) is 0.308. The summed E-state index contributed by atoms with van der Waals surface area (Å²) in [5, 5.41) is 2.99. The van der Waals surface area contributed by atoms with E-state index in [1.54, 1.807) is 48.4 Å². The largest absolute Gasteiger partial charge is 0.495 e. The highest BCUT2D eigenvalue weighted by Gasteiger charge is 2.30. The van der Waals surface area contributed by atoms with Crippen molar-refractivity contribution in [1.29, 1.82) is 0 Å². The third kappa shape index (κ3) is 4.46. The van der Waals surface area contributed by atoms with Crippen LogP contribution in [0.2, 0.25) is 0 Å². The van der Waals surface area contributed by atoms with Crippen LogP contribution in [0.3, 0.4) is 0 Å². The SMILES string of the molecule is CCN(CC)S(=O)(=O)c1cc(C(=O)N2CCCC(c3nccs3)C2)ccc1OC. The van der Waals surface area contributed by atoms with Gasteiger partial charge in [0.25, 0.3) is 5.91 Å². The second-order valence-electron chi connectivity index (χ2n) is 6.92. The predicted octanol–water partition coefficient (Wildman–Crippen LogP) is 3.20. The number of amides is 1. The van der Waals surface area contributed by atoms with Gasteiger partial charge in [-0.1, -0.05) is 13.8 Å². The van der Waals surface area contributed by atoms with E-state index in [2.05, 4.69) is 4.98 Å². The molecule has 29 heavy (non-hydrogen) atoms. The molecule has 9 heteroatoms. The van der Waals surface area contributed by atoms with Gasteiger partial charge in [0, 0.05) is 49.2 Å². The van der Waals surface area contributed by atoms with Gasteiger partial charge in [-0.3, -0.25) is 4.79 Å². The molecule has 1 amide bonds. The van der Waals surface area contributed by atoms with Crippen LogP contribution >= 0.6 is 11.3 Å². The van der Waals surface area contributed by atoms with E-state index in [1.807, 2.05) is 5.38 Å². The molecule has 1 fully saturated rings. The van der Waals surface area contributed by atoms with Crippen molar-refractivity contribution in [2.24, 2.45) is 0 Å². The number of carbonyl (C=O) groups excluding carboxylic acids is 1. The van der Waals surface area contributed by atoms with Crippen molar-refractivity contribution in [2.45, 2.75) is 37.5 Å². The number of hydrogen-bond donors (Lipinski definition) is 0. The normalized spacial score (nSPS) is 17.5. The number of nitrogens with zero attached hydrogens (tertiary/aromatic N) is 3. The quantitative estimate of drug-likeness (QED) is 0.665. The van der Waals surface area contributed by atoms with Gasteiger partial charge in [-0.2, -0.15) is 4.31 Å². The minimum Gasteiger partial charge on any atom is -0.495 e. The first kappa shape index (κ1) is 21.7. The molecular weight excluding hydrogens is 410 g/mol. The number of rotatable bonds is 7. The molecule has 0 bridgehead atoms. The molecule has 0 saturated carbocycles. The Morgan fingerprint density at radius 1 is 1.34 bits per heavy atom. The van der Waals surface area contributed by atoms with Crippen molar-refractivity contribution in [3.63, 3.8) is 0 Å². The first-order valence-corrected chi connectivity index (χ1v) is 12.1. The van der Waals surface area contributed by atoms with E-state index in [0.717, 1.165) is 17.8 Å². The fourth-order valence-corrected chi connectivity index (χ4v) is 6.10. The molecule has 1 unspecified atom stereocenters. The van der Waals surface area contributed by atoms with Crippen molar-refractivity contribution in [3.05, 3.63) is 40.3 Å². The lowest BCUT2D eigenvalue weighted by Crippen LogP contribution is -2.39. The maximum atomic E-state index is 13.2. The lowest BCUT2D eigenvalue weighted by Gasteiger charge is -2.32. The summed E-state index contributed by atoms with van der Waals surface area (Å²) in [5.41, 5.74) is 0.358. The van der Waals surface area contributed by atoms with Gasteiger partial charge in [-0.05, 0) is 31.0 Å². The fraction of sp³-hybridized carbons (Fsp3) is 0.500. The summed E-state index contributed by atoms with van der Waals surface area (Å²) < 4.78 is 32.7. The Hall–Kier alpha value is -1.97. The van der Waals surface area contributed by atoms with Crippen LogP contribution in [0.1, 0.15) is 48.0 Å². The van der Waals surface area contributed by atoms with E-state index < -0.39 is 10.0 Å². The molecule has 1 aliphatic rings. The second kappa shape index (κ2) is 9.23. The molecule has 7 nitrogen and oxygen atoms in total. The van der Waals surface area contributed by atoms with Crippen LogP contribution < -0.4 is 4.74 Å². The zero-order valence-electron chi connectivity index (χ0n) is 17.0. The number of piperidine rings is 1. The number of thiazole rings is 1. The van der Waals surface area contributed by atoms with Crippen LogP contribution in [-0.2, 0) is 10.0 Å². The average Bonchev–Trinajstić information content (AvgIpc) is 3.28. The Morgan fingerprint density at radius 2 is 2.10 bits per heavy atom. The molecule has 2 aromatic rings. The molecule has 0 N–H and O–H groups in total. The molecule has 3 rings (SSSR count). The van der Waals surface area contributed by atoms with Crippen LogP contribution in [0.25, 0.3) is 0 Å². The Morgan fingerprint density at radius 3 is 2.72 bits per heavy atom. The second-order valence-corrected chi connectivity index (χ2v) is 9.75. The standard InChI is InChI=1S/C20H27N3O4S2/c1-4-23(5-2)29(25,26)18-13-15(8-9-17(18)27-3)20(24)22-11-6-7-16(14-22)19-21-10-12-28-19/h8-10,12-13,16H,4-7,11,14H2,1-3H3. The molecule has 1 atom stereocenters. The monoisotopic (exact) mass is 437 g/mol. The molecule has 0 spiro atoms. The third-order valence-corrected chi connectivity index (χ3v) is 8.25. The Balaban J connectivity index is 1.90. The van der Waals surface area contributed by atoms with Crippen LogP contribution in [-0.4, -0.2) is 61.8 Å². The van der Waals surface area contributed by atoms with Gasteiger partial charge in [0.1, 0.15) is 10.6 Å². The van der Waals surface area contributed by atoms with E-state index in [4.69, 9.17) is 4.74 Å². The summed E-state index contributed by atoms with van der Waals surface area (Å²) in [4.78, 5) is 19.4. The molecule has 1 saturated heterocycles. The van der Waals surface area contributed by atoms with Gasteiger partial charge in [0.15, 0.2) is 0 Å². The smallest absolute Gasteiger partial charge is 0.253 e. The first-order valence-electron chi connectivity index (χ1n) is 9.79. The summed E-state index contributed by atoms with van der Waals surface area (Å²) >= 11 is 1.61. The molecule has 158 valence electrons. The highest BCUT2D eigenvalue weighted by atomic mass is 32.2. The highest BCUT2D eigenvalue weighted by Crippen LogP contribution is 2.31. The fourth-order valence-electron chi connectivity index (χ4n) is 3.70. The van der Waals surface area contributed by atoms with Crippen LogP contribution in [0, 0.1) is 0 Å². The molecule has 1 aromatic heterocycles. The molecular formula is C20H27N3O4S2. The zero-order chi connectivity index (χ0) is 21.0. The van der Waals surface area contributed by atoms with Crippen molar-refractivity contribution < 1.29 is 17.9 Å². The summed E-state index contributed by atoms with van der Waals surface area (Å²) in [6, 6.07) is 4.64. The maximum absolute atomic E-state index is 13.2. The van der Waals surface area contributed by atoms with Gasteiger partial charge in [0.2, 0.25) is 10.0 Å². The predicted molar refractivity (Wildman–Crippen MR) is 113 cm³/mol. The van der Waals surface area contributed by atoms with Crippen LogP contribution in [0.4, 0.5) is 0 Å². The molecule has 2 heterocycles. The number of likely N-dealkylation sites (tertiary alicyclic amines) is 1. The van der Waals surface area contributed by atoms with E-state index in [1.165, 1.54) is 17.5 Å². The van der Waals surface area contributed by atoms with E-state index in [0.29, 0.717) is 31.7 Å². The van der Waals surface area contributed by atoms with Gasteiger partial charge >= 0.3 is 0 Å².